The number of piperidine rings is 1. The Morgan fingerprint density at radius 3 is 1.88 bits per heavy atom. The summed E-state index contributed by atoms with van der Waals surface area (Å²) in [5, 5.41) is 12.0. The van der Waals surface area contributed by atoms with Gasteiger partial charge >= 0.3 is 0 Å². The summed E-state index contributed by atoms with van der Waals surface area (Å²) in [6.45, 7) is 6.81. The minimum Gasteiger partial charge on any atom is -0.380 e. The predicted molar refractivity (Wildman–Crippen MR) is 144 cm³/mol. The molecular weight excluding hydrogens is 486 g/mol. The van der Waals surface area contributed by atoms with Gasteiger partial charge in [0.25, 0.3) is 0 Å². The van der Waals surface area contributed by atoms with E-state index in [4.69, 9.17) is 0 Å². The second-order valence-electron chi connectivity index (χ2n) is 8.65. The fraction of sp³-hybridized carbons (Fsp3) is 0.367. The zero-order valence-electron chi connectivity index (χ0n) is 20.3. The third kappa shape index (κ3) is 6.44. The zero-order valence-corrected chi connectivity index (χ0v) is 21.9. The number of likely N-dealkylation sites (tertiary alicyclic amines) is 1. The first kappa shape index (κ1) is 26.3. The number of Topliss-reactive ketones (excluding diaryl/α,β-unsaturated/α-hetero) is 1. The topological polar surface area (TPSA) is 40.5 Å². The number of rotatable bonds is 8. The molecule has 3 aromatic rings. The van der Waals surface area contributed by atoms with Gasteiger partial charge in [-0.1, -0.05) is 103 Å². The number of benzene rings is 3. The van der Waals surface area contributed by atoms with Crippen LogP contribution in [0.15, 0.2) is 89.4 Å². The van der Waals surface area contributed by atoms with Crippen LogP contribution in [0.3, 0.4) is 0 Å². The average Bonchev–Trinajstić information content (AvgIpc) is 2.91. The minimum atomic E-state index is -0.980. The maximum absolute atomic E-state index is 12.4. The van der Waals surface area contributed by atoms with Crippen LogP contribution in [0, 0.1) is 5.92 Å². The molecule has 4 rings (SSSR count). The van der Waals surface area contributed by atoms with E-state index < -0.39 is 5.60 Å². The molecule has 0 bridgehead atoms. The van der Waals surface area contributed by atoms with Crippen molar-refractivity contribution in [3.05, 3.63) is 106 Å². The van der Waals surface area contributed by atoms with E-state index in [1.54, 1.807) is 0 Å². The fourth-order valence-electron chi connectivity index (χ4n) is 4.84. The van der Waals surface area contributed by atoms with E-state index in [1.165, 1.54) is 0 Å². The quantitative estimate of drug-likeness (QED) is 0.321. The van der Waals surface area contributed by atoms with Gasteiger partial charge in [0.05, 0.1) is 0 Å². The smallest absolute Gasteiger partial charge is 0.162 e. The van der Waals surface area contributed by atoms with Crippen LogP contribution in [0.4, 0.5) is 0 Å². The van der Waals surface area contributed by atoms with Gasteiger partial charge in [-0.05, 0) is 68.1 Å². The summed E-state index contributed by atoms with van der Waals surface area (Å²) in [5.41, 5.74) is 1.73. The lowest BCUT2D eigenvalue weighted by Gasteiger charge is -2.42. The van der Waals surface area contributed by atoms with Gasteiger partial charge in [-0.25, -0.2) is 0 Å². The summed E-state index contributed by atoms with van der Waals surface area (Å²) in [6, 6.07) is 27.7. The molecule has 4 heteroatoms. The van der Waals surface area contributed by atoms with E-state index in [0.29, 0.717) is 6.42 Å². The Labute approximate surface area is 213 Å². The van der Waals surface area contributed by atoms with Gasteiger partial charge in [-0.3, -0.25) is 4.79 Å². The van der Waals surface area contributed by atoms with E-state index in [2.05, 4.69) is 20.8 Å². The minimum absolute atomic E-state index is 0.160. The maximum Gasteiger partial charge on any atom is 0.162 e. The fourth-order valence-corrected chi connectivity index (χ4v) is 5.10. The highest BCUT2D eigenvalue weighted by molar-refractivity contribution is 9.10. The lowest BCUT2D eigenvalue weighted by atomic mass is 9.72. The lowest BCUT2D eigenvalue weighted by Crippen LogP contribution is -2.44. The number of halogens is 1. The van der Waals surface area contributed by atoms with Gasteiger partial charge in [0.15, 0.2) is 5.78 Å². The van der Waals surface area contributed by atoms with Crippen molar-refractivity contribution >= 4 is 21.7 Å². The summed E-state index contributed by atoms with van der Waals surface area (Å²) in [4.78, 5) is 14.9. The Hall–Kier alpha value is -2.27. The van der Waals surface area contributed by atoms with E-state index in [-0.39, 0.29) is 11.7 Å². The molecule has 0 spiro atoms. The van der Waals surface area contributed by atoms with Crippen LogP contribution in [-0.4, -0.2) is 35.4 Å². The van der Waals surface area contributed by atoms with E-state index in [0.717, 1.165) is 60.1 Å². The second kappa shape index (κ2) is 13.0. The summed E-state index contributed by atoms with van der Waals surface area (Å²) >= 11 is 3.41. The number of nitrogens with zero attached hydrogens (tertiary/aromatic N) is 1. The van der Waals surface area contributed by atoms with Crippen molar-refractivity contribution < 1.29 is 9.90 Å². The third-order valence-corrected chi connectivity index (χ3v) is 7.18. The van der Waals surface area contributed by atoms with Crippen LogP contribution in [-0.2, 0) is 5.60 Å². The molecule has 0 unspecified atom stereocenters. The van der Waals surface area contributed by atoms with Crippen LogP contribution >= 0.6 is 15.9 Å². The molecule has 180 valence electrons. The highest BCUT2D eigenvalue weighted by Crippen LogP contribution is 2.41. The molecule has 3 aromatic carbocycles. The molecule has 0 atom stereocenters. The summed E-state index contributed by atoms with van der Waals surface area (Å²) in [5.74, 6) is 0.364. The Balaban J connectivity index is 0.00000158. The normalized spacial score (nSPS) is 14.8. The van der Waals surface area contributed by atoms with Crippen LogP contribution in [0.5, 0.6) is 0 Å². The van der Waals surface area contributed by atoms with Gasteiger partial charge in [0, 0.05) is 16.5 Å². The van der Waals surface area contributed by atoms with Crippen molar-refractivity contribution in [2.75, 3.05) is 19.6 Å². The van der Waals surface area contributed by atoms with Crippen molar-refractivity contribution in [1.29, 1.82) is 0 Å². The lowest BCUT2D eigenvalue weighted by molar-refractivity contribution is -0.0142. The highest BCUT2D eigenvalue weighted by atomic mass is 79.9. The largest absolute Gasteiger partial charge is 0.380 e. The number of aliphatic hydroxyl groups is 1. The molecule has 1 fully saturated rings. The van der Waals surface area contributed by atoms with Gasteiger partial charge < -0.3 is 10.0 Å². The van der Waals surface area contributed by atoms with Crippen molar-refractivity contribution in [3.63, 3.8) is 0 Å². The maximum atomic E-state index is 12.4. The van der Waals surface area contributed by atoms with Crippen LogP contribution in [0.25, 0.3) is 0 Å². The molecule has 1 heterocycles. The summed E-state index contributed by atoms with van der Waals surface area (Å²) in [6.07, 6.45) is 3.29. The Kier molecular flexibility index (Phi) is 10.1. The van der Waals surface area contributed by atoms with Crippen LogP contribution < -0.4 is 0 Å². The zero-order chi connectivity index (χ0) is 24.4. The van der Waals surface area contributed by atoms with Gasteiger partial charge in [0.2, 0.25) is 0 Å². The first-order valence-corrected chi connectivity index (χ1v) is 13.2. The molecule has 0 radical (unpaired) electrons. The molecule has 3 nitrogen and oxygen atoms in total. The van der Waals surface area contributed by atoms with Gasteiger partial charge in [-0.15, -0.1) is 0 Å². The van der Waals surface area contributed by atoms with Gasteiger partial charge in [0.1, 0.15) is 5.60 Å². The van der Waals surface area contributed by atoms with Crippen LogP contribution in [0.1, 0.15) is 61.0 Å². The molecule has 0 aliphatic carbocycles. The van der Waals surface area contributed by atoms with Crippen LogP contribution in [0.2, 0.25) is 0 Å². The van der Waals surface area contributed by atoms with E-state index in [9.17, 15) is 9.90 Å². The second-order valence-corrected chi connectivity index (χ2v) is 9.56. The number of hydrogen-bond donors (Lipinski definition) is 1. The molecule has 1 saturated heterocycles. The summed E-state index contributed by atoms with van der Waals surface area (Å²) in [7, 11) is 0. The van der Waals surface area contributed by atoms with Gasteiger partial charge in [-0.2, -0.15) is 0 Å². The molecule has 0 saturated carbocycles. The number of carbonyl (C=O) groups excluding carboxylic acids is 1. The number of carbonyl (C=O) groups is 1. The molecule has 1 aliphatic heterocycles. The molecule has 0 aromatic heterocycles. The average molecular weight is 523 g/mol. The Morgan fingerprint density at radius 2 is 1.38 bits per heavy atom. The third-order valence-electron chi connectivity index (χ3n) is 6.65. The van der Waals surface area contributed by atoms with Crippen molar-refractivity contribution in [1.82, 2.24) is 4.90 Å². The van der Waals surface area contributed by atoms with E-state index in [1.807, 2.05) is 98.8 Å². The van der Waals surface area contributed by atoms with Crippen molar-refractivity contribution in [2.24, 2.45) is 5.92 Å². The molecule has 1 aliphatic rings. The molecule has 1 N–H and O–H groups in total. The first-order chi connectivity index (χ1) is 16.6. The highest BCUT2D eigenvalue weighted by Gasteiger charge is 2.41. The molecule has 34 heavy (non-hydrogen) atoms. The Morgan fingerprint density at radius 1 is 0.882 bits per heavy atom. The first-order valence-electron chi connectivity index (χ1n) is 12.4. The van der Waals surface area contributed by atoms with Crippen molar-refractivity contribution in [3.8, 4) is 0 Å². The van der Waals surface area contributed by atoms with Crippen molar-refractivity contribution in [2.45, 2.75) is 45.1 Å². The Bertz CT molecular complexity index is 957. The number of hydrogen-bond acceptors (Lipinski definition) is 3. The predicted octanol–water partition coefficient (Wildman–Crippen LogP) is 7.09. The number of ketones is 1. The standard InChI is InChI=1S/C28H30BrNO2.C2H6/c29-26-15-13-22(14-16-26)27(31)12-7-19-30-20-17-25(18-21-30)28(32,23-8-3-1-4-9-23)24-10-5-2-6-11-24;1-2/h1-6,8-11,13-16,25,32H,7,12,17-21H2;1-2H3. The summed E-state index contributed by atoms with van der Waals surface area (Å²) < 4.78 is 0.989. The monoisotopic (exact) mass is 521 g/mol. The SMILES string of the molecule is CC.O=C(CCCN1CCC(C(O)(c2ccccc2)c2ccccc2)CC1)c1ccc(Br)cc1. The molecular formula is C30H36BrNO2. The molecule has 0 amide bonds. The van der Waals surface area contributed by atoms with E-state index >= 15 is 0 Å².